The number of likely N-dealkylation sites (tertiary alicyclic amines) is 1. The van der Waals surface area contributed by atoms with Crippen molar-refractivity contribution >= 4 is 0 Å². The van der Waals surface area contributed by atoms with E-state index < -0.39 is 0 Å². The predicted molar refractivity (Wildman–Crippen MR) is 55.7 cm³/mol. The Balaban J connectivity index is 2.36. The smallest absolute Gasteiger partial charge is 0.0538 e. The summed E-state index contributed by atoms with van der Waals surface area (Å²) < 4.78 is 0. The van der Waals surface area contributed by atoms with Gasteiger partial charge in [-0.1, -0.05) is 0 Å². The third-order valence-corrected chi connectivity index (χ3v) is 3.77. The van der Waals surface area contributed by atoms with Crippen molar-refractivity contribution in [2.75, 3.05) is 20.1 Å². The quantitative estimate of drug-likeness (QED) is 0.722. The van der Waals surface area contributed by atoms with E-state index >= 15 is 0 Å². The molecule has 4 heteroatoms. The molecule has 3 N–H and O–H groups in total. The number of rotatable bonds is 2. The van der Waals surface area contributed by atoms with Crippen LogP contribution in [0.2, 0.25) is 0 Å². The summed E-state index contributed by atoms with van der Waals surface area (Å²) in [6, 6.07) is 0. The minimum atomic E-state index is 0.0573. The van der Waals surface area contributed by atoms with Gasteiger partial charge >= 0.3 is 0 Å². The zero-order valence-corrected chi connectivity index (χ0v) is 8.83. The van der Waals surface area contributed by atoms with Crippen molar-refractivity contribution in [3.05, 3.63) is 18.0 Å². The Hall–Kier alpha value is -0.870. The maximum absolute atomic E-state index is 5.82. The van der Waals surface area contributed by atoms with Crippen LogP contribution in [-0.2, 0) is 5.54 Å². The Labute approximate surface area is 84.5 Å². The van der Waals surface area contributed by atoms with Crippen LogP contribution in [0.25, 0.3) is 0 Å². The third-order valence-electron chi connectivity index (χ3n) is 3.77. The van der Waals surface area contributed by atoms with Gasteiger partial charge in [0.05, 0.1) is 11.7 Å². The molecule has 4 nitrogen and oxygen atoms in total. The number of hydrogen-bond donors (Lipinski definition) is 2. The molecule has 78 valence electrons. The van der Waals surface area contributed by atoms with Crippen LogP contribution in [0.4, 0.5) is 0 Å². The van der Waals surface area contributed by atoms with E-state index in [0.29, 0.717) is 5.92 Å². The van der Waals surface area contributed by atoms with Crippen LogP contribution in [0, 0.1) is 5.92 Å². The first-order valence-electron chi connectivity index (χ1n) is 5.10. The average molecular weight is 194 g/mol. The van der Waals surface area contributed by atoms with Gasteiger partial charge in [0.15, 0.2) is 0 Å². The van der Waals surface area contributed by atoms with Gasteiger partial charge in [-0.15, -0.1) is 0 Å². The van der Waals surface area contributed by atoms with Gasteiger partial charge in [-0.25, -0.2) is 0 Å². The molecule has 1 aromatic heterocycles. The van der Waals surface area contributed by atoms with E-state index in [1.165, 1.54) is 12.0 Å². The molecule has 1 saturated heterocycles. The van der Waals surface area contributed by atoms with Gasteiger partial charge in [0, 0.05) is 11.8 Å². The summed E-state index contributed by atoms with van der Waals surface area (Å²) >= 11 is 0. The lowest BCUT2D eigenvalue weighted by atomic mass is 9.82. The normalized spacial score (nSPS) is 33.8. The first-order chi connectivity index (χ1) is 6.69. The molecule has 1 aliphatic rings. The fourth-order valence-corrected chi connectivity index (χ4v) is 2.51. The second-order valence-corrected chi connectivity index (χ2v) is 4.28. The molecule has 0 bridgehead atoms. The van der Waals surface area contributed by atoms with E-state index in [2.05, 4.69) is 29.1 Å². The van der Waals surface area contributed by atoms with Gasteiger partial charge in [-0.2, -0.15) is 5.10 Å². The molecule has 1 aliphatic heterocycles. The Kier molecular flexibility index (Phi) is 2.33. The highest BCUT2D eigenvalue weighted by Crippen LogP contribution is 2.41. The molecule has 0 aliphatic carbocycles. The number of nitrogens with one attached hydrogen (secondary N) is 1. The van der Waals surface area contributed by atoms with Crippen molar-refractivity contribution < 1.29 is 0 Å². The molecule has 0 spiro atoms. The molecule has 1 fully saturated rings. The average Bonchev–Trinajstić information content (AvgIpc) is 2.77. The molecule has 0 radical (unpaired) electrons. The minimum Gasteiger partial charge on any atom is -0.330 e. The fraction of sp³-hybridized carbons (Fsp3) is 0.700. The summed E-state index contributed by atoms with van der Waals surface area (Å²) in [5.41, 5.74) is 7.12. The fourth-order valence-electron chi connectivity index (χ4n) is 2.51. The molecular formula is C10H18N4. The van der Waals surface area contributed by atoms with Gasteiger partial charge < -0.3 is 5.73 Å². The zero-order valence-electron chi connectivity index (χ0n) is 8.83. The number of nitrogens with two attached hydrogens (primary N) is 1. The van der Waals surface area contributed by atoms with Crippen LogP contribution >= 0.6 is 0 Å². The van der Waals surface area contributed by atoms with Crippen molar-refractivity contribution in [1.82, 2.24) is 15.1 Å². The summed E-state index contributed by atoms with van der Waals surface area (Å²) in [5, 5.41) is 6.90. The van der Waals surface area contributed by atoms with Gasteiger partial charge in [0.2, 0.25) is 0 Å². The van der Waals surface area contributed by atoms with E-state index in [-0.39, 0.29) is 5.54 Å². The van der Waals surface area contributed by atoms with Crippen molar-refractivity contribution in [2.24, 2.45) is 11.7 Å². The molecule has 1 aromatic rings. The molecule has 2 unspecified atom stereocenters. The summed E-state index contributed by atoms with van der Waals surface area (Å²) in [6.07, 6.45) is 5.06. The molecule has 2 heterocycles. The number of H-pyrrole nitrogens is 1. The number of hydrogen-bond acceptors (Lipinski definition) is 3. The third kappa shape index (κ3) is 1.18. The Morgan fingerprint density at radius 1 is 1.79 bits per heavy atom. The van der Waals surface area contributed by atoms with Crippen molar-refractivity contribution in [2.45, 2.75) is 18.9 Å². The second kappa shape index (κ2) is 3.37. The highest BCUT2D eigenvalue weighted by atomic mass is 15.2. The summed E-state index contributed by atoms with van der Waals surface area (Å²) in [4.78, 5) is 2.37. The van der Waals surface area contributed by atoms with Crippen molar-refractivity contribution in [1.29, 1.82) is 0 Å². The van der Waals surface area contributed by atoms with E-state index in [1.807, 2.05) is 12.4 Å². The van der Waals surface area contributed by atoms with Gasteiger partial charge in [-0.3, -0.25) is 10.00 Å². The van der Waals surface area contributed by atoms with Crippen LogP contribution in [-0.4, -0.2) is 35.2 Å². The molecule has 0 saturated carbocycles. The van der Waals surface area contributed by atoms with E-state index in [4.69, 9.17) is 5.73 Å². The number of aromatic amines is 1. The Morgan fingerprint density at radius 3 is 3.14 bits per heavy atom. The van der Waals surface area contributed by atoms with Crippen LogP contribution in [0.5, 0.6) is 0 Å². The van der Waals surface area contributed by atoms with Crippen LogP contribution < -0.4 is 5.73 Å². The monoisotopic (exact) mass is 194 g/mol. The molecule has 2 atom stereocenters. The number of nitrogens with zero attached hydrogens (tertiary/aromatic N) is 2. The Bertz CT molecular complexity index is 295. The van der Waals surface area contributed by atoms with E-state index in [0.717, 1.165) is 13.1 Å². The molecule has 14 heavy (non-hydrogen) atoms. The largest absolute Gasteiger partial charge is 0.330 e. The van der Waals surface area contributed by atoms with Crippen LogP contribution in [0.15, 0.2) is 12.4 Å². The standard InChI is InChI=1S/C10H18N4/c1-10(9-6-12-13-7-9)8(5-11)3-4-14(10)2/h6-8H,3-5,11H2,1-2H3,(H,12,13). The summed E-state index contributed by atoms with van der Waals surface area (Å²) in [7, 11) is 2.16. The van der Waals surface area contributed by atoms with E-state index in [9.17, 15) is 0 Å². The van der Waals surface area contributed by atoms with Crippen molar-refractivity contribution in [3.8, 4) is 0 Å². The first-order valence-corrected chi connectivity index (χ1v) is 5.10. The lowest BCUT2D eigenvalue weighted by Gasteiger charge is -2.36. The maximum atomic E-state index is 5.82. The molecule has 2 rings (SSSR count). The highest BCUT2D eigenvalue weighted by Gasteiger charge is 2.43. The SMILES string of the molecule is CN1CCC(CN)C1(C)c1cn[nH]c1. The van der Waals surface area contributed by atoms with E-state index in [1.54, 1.807) is 0 Å². The summed E-state index contributed by atoms with van der Waals surface area (Å²) in [6.45, 7) is 4.11. The molecule has 0 amide bonds. The minimum absolute atomic E-state index is 0.0573. The highest BCUT2D eigenvalue weighted by molar-refractivity contribution is 5.20. The van der Waals surface area contributed by atoms with Crippen LogP contribution in [0.3, 0.4) is 0 Å². The maximum Gasteiger partial charge on any atom is 0.0538 e. The van der Waals surface area contributed by atoms with Gasteiger partial charge in [0.1, 0.15) is 0 Å². The predicted octanol–water partition coefficient (Wildman–Crippen LogP) is 0.535. The van der Waals surface area contributed by atoms with Gasteiger partial charge in [0.25, 0.3) is 0 Å². The zero-order chi connectivity index (χ0) is 10.2. The lowest BCUT2D eigenvalue weighted by molar-refractivity contribution is 0.153. The first kappa shape index (κ1) is 9.68. The van der Waals surface area contributed by atoms with Gasteiger partial charge in [-0.05, 0) is 39.4 Å². The van der Waals surface area contributed by atoms with Crippen LogP contribution in [0.1, 0.15) is 18.9 Å². The second-order valence-electron chi connectivity index (χ2n) is 4.28. The molecular weight excluding hydrogens is 176 g/mol. The molecule has 0 aromatic carbocycles. The van der Waals surface area contributed by atoms with Crippen molar-refractivity contribution in [3.63, 3.8) is 0 Å². The lowest BCUT2D eigenvalue weighted by Crippen LogP contribution is -2.42. The number of aromatic nitrogens is 2. The topological polar surface area (TPSA) is 57.9 Å². The summed E-state index contributed by atoms with van der Waals surface area (Å²) in [5.74, 6) is 0.532. The Morgan fingerprint density at radius 2 is 2.57 bits per heavy atom.